The molecule has 1 saturated heterocycles. The summed E-state index contributed by atoms with van der Waals surface area (Å²) in [4.78, 5) is 23.7. The number of nitrogens with zero attached hydrogens (tertiary/aromatic N) is 3. The molecule has 132 valence electrons. The number of nitrogens with one attached hydrogen (secondary N) is 1. The average Bonchev–Trinajstić information content (AvgIpc) is 2.62. The SMILES string of the molecule is Cc1ccc(C)c(C(=O)NCc2cc(C)nc(N3CCOCC3)n2)c1. The lowest BCUT2D eigenvalue weighted by atomic mass is 10.1. The third-order valence-electron chi connectivity index (χ3n) is 4.26. The van der Waals surface area contributed by atoms with Crippen LogP contribution in [0.25, 0.3) is 0 Å². The molecular formula is C19H24N4O2. The average molecular weight is 340 g/mol. The van der Waals surface area contributed by atoms with Gasteiger partial charge in [-0.25, -0.2) is 9.97 Å². The second-order valence-corrected chi connectivity index (χ2v) is 6.40. The summed E-state index contributed by atoms with van der Waals surface area (Å²) < 4.78 is 5.38. The minimum atomic E-state index is -0.0783. The fourth-order valence-corrected chi connectivity index (χ4v) is 2.86. The number of hydrogen-bond acceptors (Lipinski definition) is 5. The lowest BCUT2D eigenvalue weighted by molar-refractivity contribution is 0.0949. The zero-order chi connectivity index (χ0) is 17.8. The lowest BCUT2D eigenvalue weighted by Crippen LogP contribution is -2.37. The van der Waals surface area contributed by atoms with Gasteiger partial charge in [0, 0.05) is 24.3 Å². The molecule has 25 heavy (non-hydrogen) atoms. The van der Waals surface area contributed by atoms with Crippen molar-refractivity contribution in [1.82, 2.24) is 15.3 Å². The number of ether oxygens (including phenoxy) is 1. The van der Waals surface area contributed by atoms with Crippen molar-refractivity contribution in [2.75, 3.05) is 31.2 Å². The van der Waals surface area contributed by atoms with E-state index in [4.69, 9.17) is 4.74 Å². The van der Waals surface area contributed by atoms with E-state index in [1.165, 1.54) is 0 Å². The molecule has 2 heterocycles. The molecule has 0 aliphatic carbocycles. The van der Waals surface area contributed by atoms with Crippen LogP contribution in [0.15, 0.2) is 24.3 Å². The summed E-state index contributed by atoms with van der Waals surface area (Å²) in [6, 6.07) is 7.80. The van der Waals surface area contributed by atoms with E-state index in [0.29, 0.717) is 31.3 Å². The molecule has 0 spiro atoms. The molecule has 0 bridgehead atoms. The first-order valence-electron chi connectivity index (χ1n) is 8.55. The molecule has 0 saturated carbocycles. The fraction of sp³-hybridized carbons (Fsp3) is 0.421. The maximum absolute atomic E-state index is 12.5. The predicted molar refractivity (Wildman–Crippen MR) is 96.9 cm³/mol. The highest BCUT2D eigenvalue weighted by Gasteiger charge is 2.15. The summed E-state index contributed by atoms with van der Waals surface area (Å²) in [6.45, 7) is 9.22. The minimum absolute atomic E-state index is 0.0783. The van der Waals surface area contributed by atoms with E-state index < -0.39 is 0 Å². The second-order valence-electron chi connectivity index (χ2n) is 6.40. The summed E-state index contributed by atoms with van der Waals surface area (Å²) in [6.07, 6.45) is 0. The molecule has 1 aromatic heterocycles. The van der Waals surface area contributed by atoms with Crippen LogP contribution in [0.5, 0.6) is 0 Å². The van der Waals surface area contributed by atoms with Crippen LogP contribution < -0.4 is 10.2 Å². The molecular weight excluding hydrogens is 316 g/mol. The van der Waals surface area contributed by atoms with Crippen LogP contribution in [0.3, 0.4) is 0 Å². The summed E-state index contributed by atoms with van der Waals surface area (Å²) >= 11 is 0. The Morgan fingerprint density at radius 2 is 1.92 bits per heavy atom. The standard InChI is InChI=1S/C19H24N4O2/c1-13-4-5-14(2)17(10-13)18(24)20-12-16-11-15(3)21-19(22-16)23-6-8-25-9-7-23/h4-5,10-11H,6-9,12H2,1-3H3,(H,20,24). The zero-order valence-electron chi connectivity index (χ0n) is 15.0. The van der Waals surface area contributed by atoms with Gasteiger partial charge >= 0.3 is 0 Å². The lowest BCUT2D eigenvalue weighted by Gasteiger charge is -2.27. The van der Waals surface area contributed by atoms with E-state index in [1.54, 1.807) is 0 Å². The maximum atomic E-state index is 12.5. The third kappa shape index (κ3) is 4.33. The highest BCUT2D eigenvalue weighted by atomic mass is 16.5. The molecule has 3 rings (SSSR count). The summed E-state index contributed by atoms with van der Waals surface area (Å²) in [5.41, 5.74) is 4.46. The minimum Gasteiger partial charge on any atom is -0.378 e. The Morgan fingerprint density at radius 3 is 2.68 bits per heavy atom. The van der Waals surface area contributed by atoms with Gasteiger partial charge in [0.25, 0.3) is 5.91 Å². The Labute approximate surface area is 148 Å². The van der Waals surface area contributed by atoms with Crippen LogP contribution in [0.4, 0.5) is 5.95 Å². The predicted octanol–water partition coefficient (Wildman–Crippen LogP) is 2.17. The topological polar surface area (TPSA) is 67.4 Å². The van der Waals surface area contributed by atoms with Gasteiger partial charge in [-0.3, -0.25) is 4.79 Å². The van der Waals surface area contributed by atoms with Crippen LogP contribution in [0, 0.1) is 20.8 Å². The molecule has 6 heteroatoms. The fourth-order valence-electron chi connectivity index (χ4n) is 2.86. The largest absolute Gasteiger partial charge is 0.378 e. The molecule has 2 aromatic rings. The Morgan fingerprint density at radius 1 is 1.16 bits per heavy atom. The summed E-state index contributed by atoms with van der Waals surface area (Å²) in [7, 11) is 0. The first-order chi connectivity index (χ1) is 12.0. The van der Waals surface area contributed by atoms with Crippen LogP contribution in [0.2, 0.25) is 0 Å². The van der Waals surface area contributed by atoms with Gasteiger partial charge in [0.15, 0.2) is 0 Å². The number of carbonyl (C=O) groups excluding carboxylic acids is 1. The zero-order valence-corrected chi connectivity index (χ0v) is 15.0. The number of aromatic nitrogens is 2. The van der Waals surface area contributed by atoms with E-state index in [9.17, 15) is 4.79 Å². The van der Waals surface area contributed by atoms with Crippen molar-refractivity contribution in [1.29, 1.82) is 0 Å². The van der Waals surface area contributed by atoms with E-state index in [2.05, 4.69) is 20.2 Å². The van der Waals surface area contributed by atoms with Crippen LogP contribution >= 0.6 is 0 Å². The number of rotatable bonds is 4. The number of carbonyl (C=O) groups is 1. The normalized spacial score (nSPS) is 14.4. The van der Waals surface area contributed by atoms with Crippen LogP contribution in [0.1, 0.15) is 32.9 Å². The molecule has 0 unspecified atom stereocenters. The second kappa shape index (κ2) is 7.61. The van der Waals surface area contributed by atoms with E-state index in [1.807, 2.05) is 45.0 Å². The van der Waals surface area contributed by atoms with Gasteiger partial charge in [0.1, 0.15) is 0 Å². The molecule has 1 N–H and O–H groups in total. The molecule has 6 nitrogen and oxygen atoms in total. The van der Waals surface area contributed by atoms with E-state index >= 15 is 0 Å². The van der Waals surface area contributed by atoms with Crippen LogP contribution in [-0.2, 0) is 11.3 Å². The smallest absolute Gasteiger partial charge is 0.251 e. The van der Waals surface area contributed by atoms with Gasteiger partial charge in [-0.2, -0.15) is 0 Å². The number of anilines is 1. The first-order valence-corrected chi connectivity index (χ1v) is 8.55. The number of hydrogen-bond donors (Lipinski definition) is 1. The molecule has 1 aromatic carbocycles. The molecule has 0 radical (unpaired) electrons. The number of morpholine rings is 1. The molecule has 1 aliphatic heterocycles. The van der Waals surface area contributed by atoms with Crippen molar-refractivity contribution in [2.24, 2.45) is 0 Å². The quantitative estimate of drug-likeness (QED) is 0.924. The monoisotopic (exact) mass is 340 g/mol. The molecule has 1 amide bonds. The summed E-state index contributed by atoms with van der Waals surface area (Å²) in [5, 5.41) is 2.97. The van der Waals surface area contributed by atoms with Gasteiger partial charge in [-0.05, 0) is 38.5 Å². The highest BCUT2D eigenvalue weighted by molar-refractivity contribution is 5.95. The number of aryl methyl sites for hydroxylation is 3. The van der Waals surface area contributed by atoms with E-state index in [0.717, 1.165) is 35.6 Å². The number of amides is 1. The van der Waals surface area contributed by atoms with Crippen molar-refractivity contribution >= 4 is 11.9 Å². The highest BCUT2D eigenvalue weighted by Crippen LogP contribution is 2.13. The van der Waals surface area contributed by atoms with E-state index in [-0.39, 0.29) is 5.91 Å². The van der Waals surface area contributed by atoms with Gasteiger partial charge in [0.2, 0.25) is 5.95 Å². The Balaban J connectivity index is 1.71. The third-order valence-corrected chi connectivity index (χ3v) is 4.26. The van der Waals surface area contributed by atoms with Crippen molar-refractivity contribution in [3.63, 3.8) is 0 Å². The van der Waals surface area contributed by atoms with Crippen molar-refractivity contribution < 1.29 is 9.53 Å². The van der Waals surface area contributed by atoms with Gasteiger partial charge < -0.3 is 15.0 Å². The Hall–Kier alpha value is -2.47. The molecule has 0 atom stereocenters. The maximum Gasteiger partial charge on any atom is 0.251 e. The number of benzene rings is 1. The Kier molecular flexibility index (Phi) is 5.28. The van der Waals surface area contributed by atoms with Crippen LogP contribution in [-0.4, -0.2) is 42.2 Å². The summed E-state index contributed by atoms with van der Waals surface area (Å²) in [5.74, 6) is 0.629. The van der Waals surface area contributed by atoms with Crippen molar-refractivity contribution in [2.45, 2.75) is 27.3 Å². The van der Waals surface area contributed by atoms with Gasteiger partial charge in [-0.1, -0.05) is 17.7 Å². The van der Waals surface area contributed by atoms with Gasteiger partial charge in [-0.15, -0.1) is 0 Å². The Bertz CT molecular complexity index is 770. The molecule has 1 aliphatic rings. The van der Waals surface area contributed by atoms with Crippen molar-refractivity contribution in [3.05, 3.63) is 52.3 Å². The first kappa shape index (κ1) is 17.4. The van der Waals surface area contributed by atoms with Crippen molar-refractivity contribution in [3.8, 4) is 0 Å². The van der Waals surface area contributed by atoms with Gasteiger partial charge in [0.05, 0.1) is 25.5 Å². The molecule has 1 fully saturated rings.